The number of likely N-dealkylation sites (N-methyl/N-ethyl adjacent to an activating group) is 1. The number of hydrogen-bond acceptors (Lipinski definition) is 10. The molecule has 318 valence electrons. The SMILES string of the molecule is COc1ccc(C(Nc2ncnc3c2ncn3[C@@H]2O[C@H](C(O)C(c3ccccc3)(c3ccccc3)c3ccc(OC)cc3)[C@@H](N(C)C)[C@H]2O)(c2ccccc2)c2ccccc2)cc1. The second-order valence-electron chi connectivity index (χ2n) is 16.0. The molecule has 1 unspecified atom stereocenters. The van der Waals surface area contributed by atoms with E-state index in [1.165, 1.54) is 6.33 Å². The molecule has 1 saturated heterocycles. The maximum atomic E-state index is 13.3. The predicted octanol–water partition coefficient (Wildman–Crippen LogP) is 7.83. The minimum atomic E-state index is -1.22. The molecule has 9 rings (SSSR count). The Labute approximate surface area is 367 Å². The van der Waals surface area contributed by atoms with E-state index in [0.29, 0.717) is 22.7 Å². The summed E-state index contributed by atoms with van der Waals surface area (Å²) in [5.74, 6) is 1.90. The van der Waals surface area contributed by atoms with E-state index < -0.39 is 41.5 Å². The van der Waals surface area contributed by atoms with E-state index in [9.17, 15) is 10.2 Å². The Kier molecular flexibility index (Phi) is 11.5. The van der Waals surface area contributed by atoms with Crippen LogP contribution in [0.5, 0.6) is 11.5 Å². The normalized spacial score (nSPS) is 18.3. The molecule has 3 heterocycles. The Balaban J connectivity index is 1.16. The fourth-order valence-electron chi connectivity index (χ4n) is 9.53. The summed E-state index contributed by atoms with van der Waals surface area (Å²) in [6.07, 6.45) is -1.11. The number of aromatic nitrogens is 4. The first kappa shape index (κ1) is 41.5. The molecule has 5 atom stereocenters. The zero-order valence-corrected chi connectivity index (χ0v) is 35.6. The number of benzene rings is 6. The predicted molar refractivity (Wildman–Crippen MR) is 244 cm³/mol. The molecule has 63 heavy (non-hydrogen) atoms. The van der Waals surface area contributed by atoms with Gasteiger partial charge in [-0.1, -0.05) is 146 Å². The smallest absolute Gasteiger partial charge is 0.167 e. The van der Waals surface area contributed by atoms with Crippen molar-refractivity contribution in [1.29, 1.82) is 0 Å². The molecule has 0 aliphatic carbocycles. The van der Waals surface area contributed by atoms with Crippen molar-refractivity contribution in [3.63, 3.8) is 0 Å². The quantitative estimate of drug-likeness (QED) is 0.0934. The maximum Gasteiger partial charge on any atom is 0.167 e. The molecule has 0 saturated carbocycles. The molecule has 0 bridgehead atoms. The molecule has 6 aromatic carbocycles. The van der Waals surface area contributed by atoms with Gasteiger partial charge in [-0.2, -0.15) is 0 Å². The number of rotatable bonds is 14. The Bertz CT molecular complexity index is 2660. The van der Waals surface area contributed by atoms with Crippen LogP contribution < -0.4 is 14.8 Å². The summed E-state index contributed by atoms with van der Waals surface area (Å²) in [4.78, 5) is 16.4. The highest BCUT2D eigenvalue weighted by molar-refractivity contribution is 5.84. The first-order valence-corrected chi connectivity index (χ1v) is 21.0. The Morgan fingerprint density at radius 2 is 1.06 bits per heavy atom. The largest absolute Gasteiger partial charge is 0.497 e. The number of nitrogens with zero attached hydrogens (tertiary/aromatic N) is 5. The summed E-state index contributed by atoms with van der Waals surface area (Å²) in [6, 6.07) is 55.5. The Hall–Kier alpha value is -6.89. The van der Waals surface area contributed by atoms with E-state index in [0.717, 1.165) is 39.1 Å². The van der Waals surface area contributed by atoms with Gasteiger partial charge in [0.1, 0.15) is 35.6 Å². The van der Waals surface area contributed by atoms with Crippen molar-refractivity contribution < 1.29 is 24.4 Å². The molecule has 1 fully saturated rings. The molecule has 0 radical (unpaired) electrons. The number of aliphatic hydroxyl groups excluding tert-OH is 2. The molecule has 11 nitrogen and oxygen atoms in total. The number of ether oxygens (including phenoxy) is 3. The zero-order valence-electron chi connectivity index (χ0n) is 35.6. The molecule has 3 N–H and O–H groups in total. The van der Waals surface area contributed by atoms with E-state index >= 15 is 0 Å². The second-order valence-corrected chi connectivity index (χ2v) is 16.0. The molecule has 8 aromatic rings. The Morgan fingerprint density at radius 1 is 0.619 bits per heavy atom. The molecule has 1 aliphatic rings. The van der Waals surface area contributed by atoms with Crippen LogP contribution in [0.3, 0.4) is 0 Å². The van der Waals surface area contributed by atoms with Crippen LogP contribution in [-0.2, 0) is 15.7 Å². The van der Waals surface area contributed by atoms with Gasteiger partial charge in [0.15, 0.2) is 23.2 Å². The van der Waals surface area contributed by atoms with Crippen LogP contribution in [0.1, 0.15) is 39.6 Å². The third-order valence-corrected chi connectivity index (χ3v) is 12.5. The number of aliphatic hydroxyl groups is 2. The van der Waals surface area contributed by atoms with E-state index in [1.807, 2.05) is 152 Å². The first-order chi connectivity index (χ1) is 30.8. The van der Waals surface area contributed by atoms with Gasteiger partial charge in [-0.25, -0.2) is 15.0 Å². The molecule has 2 aromatic heterocycles. The standard InChI is InChI=1S/C52H50N6O5/c1-57(2)44-45(59)50(63-46(44)47(60)51(35-17-9-5-10-18-35,36-19-11-6-12-20-36)37-25-29-41(61-3)30-26-37)58-34-55-43-48(53-33-54-49(43)58)56-52(38-21-13-7-14-22-38,39-23-15-8-16-24-39)40-27-31-42(62-4)32-28-40/h5-34,44-47,50,59-60H,1-4H3,(H,53,54,56)/t44-,45+,46-,47?,50+/m0/s1. The minimum absolute atomic E-state index is 0.446. The van der Waals surface area contributed by atoms with Gasteiger partial charge in [0.05, 0.1) is 38.1 Å². The summed E-state index contributed by atoms with van der Waals surface area (Å²) in [5, 5.41) is 29.6. The van der Waals surface area contributed by atoms with E-state index in [4.69, 9.17) is 29.2 Å². The number of hydrogen-bond donors (Lipinski definition) is 3. The van der Waals surface area contributed by atoms with Crippen LogP contribution in [0.4, 0.5) is 5.82 Å². The van der Waals surface area contributed by atoms with Gasteiger partial charge in [-0.3, -0.25) is 4.57 Å². The van der Waals surface area contributed by atoms with Crippen molar-refractivity contribution in [2.45, 2.75) is 41.5 Å². The number of imidazole rings is 1. The van der Waals surface area contributed by atoms with E-state index in [1.54, 1.807) is 25.1 Å². The van der Waals surface area contributed by atoms with Crippen molar-refractivity contribution >= 4 is 17.0 Å². The van der Waals surface area contributed by atoms with E-state index in [-0.39, 0.29) is 0 Å². The summed E-state index contributed by atoms with van der Waals surface area (Å²) in [6.45, 7) is 0. The molecule has 11 heteroatoms. The van der Waals surface area contributed by atoms with Crippen molar-refractivity contribution in [1.82, 2.24) is 24.4 Å². The lowest BCUT2D eigenvalue weighted by Crippen LogP contribution is -2.55. The maximum absolute atomic E-state index is 13.3. The van der Waals surface area contributed by atoms with Gasteiger partial charge in [0, 0.05) is 0 Å². The summed E-state index contributed by atoms with van der Waals surface area (Å²) >= 11 is 0. The van der Waals surface area contributed by atoms with Gasteiger partial charge in [0.25, 0.3) is 0 Å². The molecular formula is C52H50N6O5. The minimum Gasteiger partial charge on any atom is -0.497 e. The molecule has 0 amide bonds. The molecular weight excluding hydrogens is 789 g/mol. The first-order valence-electron chi connectivity index (χ1n) is 21.0. The van der Waals surface area contributed by atoms with Crippen LogP contribution in [0.15, 0.2) is 183 Å². The van der Waals surface area contributed by atoms with Crippen LogP contribution in [0.25, 0.3) is 11.2 Å². The third-order valence-electron chi connectivity index (χ3n) is 12.5. The number of anilines is 1. The van der Waals surface area contributed by atoms with Crippen LogP contribution in [-0.4, -0.2) is 87.3 Å². The highest BCUT2D eigenvalue weighted by atomic mass is 16.5. The summed E-state index contributed by atoms with van der Waals surface area (Å²) in [7, 11) is 7.07. The van der Waals surface area contributed by atoms with E-state index in [2.05, 4.69) is 41.7 Å². The number of methoxy groups -OCH3 is 2. The lowest BCUT2D eigenvalue weighted by atomic mass is 9.64. The van der Waals surface area contributed by atoms with Crippen molar-refractivity contribution in [3.05, 3.63) is 216 Å². The lowest BCUT2D eigenvalue weighted by Gasteiger charge is -2.44. The van der Waals surface area contributed by atoms with Crippen molar-refractivity contribution in [2.24, 2.45) is 0 Å². The average molecular weight is 839 g/mol. The third kappa shape index (κ3) is 7.18. The van der Waals surface area contributed by atoms with Gasteiger partial charge in [0.2, 0.25) is 0 Å². The van der Waals surface area contributed by atoms with Crippen molar-refractivity contribution in [2.75, 3.05) is 33.6 Å². The molecule has 1 aliphatic heterocycles. The summed E-state index contributed by atoms with van der Waals surface area (Å²) in [5.41, 5.74) is 4.31. The van der Waals surface area contributed by atoms with Crippen molar-refractivity contribution in [3.8, 4) is 11.5 Å². The van der Waals surface area contributed by atoms with Gasteiger partial charge in [-0.05, 0) is 71.7 Å². The highest BCUT2D eigenvalue weighted by Gasteiger charge is 2.56. The second kappa shape index (κ2) is 17.5. The van der Waals surface area contributed by atoms with Gasteiger partial charge in [-0.15, -0.1) is 0 Å². The van der Waals surface area contributed by atoms with Gasteiger partial charge >= 0.3 is 0 Å². The highest BCUT2D eigenvalue weighted by Crippen LogP contribution is 2.48. The summed E-state index contributed by atoms with van der Waals surface area (Å²) < 4.78 is 19.9. The number of fused-ring (bicyclic) bond motifs is 1. The molecule has 0 spiro atoms. The topological polar surface area (TPSA) is 127 Å². The van der Waals surface area contributed by atoms with Crippen LogP contribution >= 0.6 is 0 Å². The zero-order chi connectivity index (χ0) is 43.6. The average Bonchev–Trinajstić information content (AvgIpc) is 3.93. The fraction of sp³-hybridized carbons (Fsp3) is 0.212. The monoisotopic (exact) mass is 838 g/mol. The van der Waals surface area contributed by atoms with Crippen LogP contribution in [0, 0.1) is 0 Å². The number of nitrogens with one attached hydrogen (secondary N) is 1. The lowest BCUT2D eigenvalue weighted by molar-refractivity contribution is -0.0907. The van der Waals surface area contributed by atoms with Crippen LogP contribution in [0.2, 0.25) is 0 Å². The van der Waals surface area contributed by atoms with Gasteiger partial charge < -0.3 is 34.6 Å². The fourth-order valence-corrected chi connectivity index (χ4v) is 9.53. The Morgan fingerprint density at radius 3 is 1.54 bits per heavy atom.